The average molecular weight is 242 g/mol. The van der Waals surface area contributed by atoms with E-state index in [4.69, 9.17) is 9.47 Å². The average Bonchev–Trinajstić information content (AvgIpc) is 2.78. The number of carbonyl (C=O) groups is 1. The third kappa shape index (κ3) is 3.33. The minimum atomic E-state index is -0.171. The van der Waals surface area contributed by atoms with Crippen LogP contribution >= 0.6 is 0 Å². The predicted octanol–water partition coefficient (Wildman–Crippen LogP) is 0.938. The number of likely N-dealkylation sites (tertiary alicyclic amines) is 1. The number of hydrogen-bond donors (Lipinski definition) is 0. The number of amides is 1. The van der Waals surface area contributed by atoms with Crippen LogP contribution in [0, 0.1) is 0 Å². The second kappa shape index (κ2) is 5.69. The quantitative estimate of drug-likeness (QED) is 0.722. The van der Waals surface area contributed by atoms with Crippen LogP contribution in [0.5, 0.6) is 0 Å². The van der Waals surface area contributed by atoms with Crippen LogP contribution in [0.4, 0.5) is 4.79 Å². The molecular weight excluding hydrogens is 220 g/mol. The van der Waals surface area contributed by atoms with Gasteiger partial charge >= 0.3 is 6.09 Å². The number of hydrogen-bond acceptors (Lipinski definition) is 4. The molecule has 5 heteroatoms. The third-order valence-corrected chi connectivity index (χ3v) is 3.32. The minimum absolute atomic E-state index is 0.0371. The smallest absolute Gasteiger partial charge is 0.410 e. The number of rotatable bonds is 2. The molecule has 1 amide bonds. The fraction of sp³-hybridized carbons (Fsp3) is 0.917. The highest BCUT2D eigenvalue weighted by molar-refractivity contribution is 5.68. The maximum absolute atomic E-state index is 11.7. The van der Waals surface area contributed by atoms with Crippen LogP contribution in [0.25, 0.3) is 0 Å². The van der Waals surface area contributed by atoms with Crippen molar-refractivity contribution < 1.29 is 14.3 Å². The van der Waals surface area contributed by atoms with Gasteiger partial charge in [-0.1, -0.05) is 0 Å². The molecule has 2 aliphatic rings. The molecule has 2 heterocycles. The standard InChI is InChI=1S/C12H22N2O3/c1-10(2)17-12(15)14-4-3-11(9-14)13-5-7-16-8-6-13/h10-11H,3-9H2,1-2H3. The predicted molar refractivity (Wildman–Crippen MR) is 64.0 cm³/mol. The molecular formula is C12H22N2O3. The Hall–Kier alpha value is -0.810. The Morgan fingerprint density at radius 1 is 1.29 bits per heavy atom. The zero-order chi connectivity index (χ0) is 12.3. The van der Waals surface area contributed by atoms with Crippen LogP contribution in [-0.2, 0) is 9.47 Å². The zero-order valence-corrected chi connectivity index (χ0v) is 10.7. The fourth-order valence-corrected chi connectivity index (χ4v) is 2.42. The highest BCUT2D eigenvalue weighted by atomic mass is 16.6. The maximum atomic E-state index is 11.7. The van der Waals surface area contributed by atoms with Gasteiger partial charge in [-0.2, -0.15) is 0 Å². The first-order valence-corrected chi connectivity index (χ1v) is 6.44. The lowest BCUT2D eigenvalue weighted by Gasteiger charge is -2.31. The summed E-state index contributed by atoms with van der Waals surface area (Å²) in [6.45, 7) is 8.97. The van der Waals surface area contributed by atoms with Crippen LogP contribution in [-0.4, -0.2) is 67.4 Å². The summed E-state index contributed by atoms with van der Waals surface area (Å²) in [4.78, 5) is 16.0. The molecule has 2 saturated heterocycles. The number of carbonyl (C=O) groups excluding carboxylic acids is 1. The third-order valence-electron chi connectivity index (χ3n) is 3.32. The van der Waals surface area contributed by atoms with Crippen molar-refractivity contribution in [3.63, 3.8) is 0 Å². The zero-order valence-electron chi connectivity index (χ0n) is 10.7. The van der Waals surface area contributed by atoms with E-state index in [-0.39, 0.29) is 12.2 Å². The molecule has 2 rings (SSSR count). The van der Waals surface area contributed by atoms with Crippen molar-refractivity contribution in [3.05, 3.63) is 0 Å². The van der Waals surface area contributed by atoms with Crippen molar-refractivity contribution in [1.82, 2.24) is 9.80 Å². The van der Waals surface area contributed by atoms with E-state index in [9.17, 15) is 4.79 Å². The molecule has 0 bridgehead atoms. The first-order chi connectivity index (χ1) is 8.16. The Kier molecular flexibility index (Phi) is 4.23. The first kappa shape index (κ1) is 12.6. The summed E-state index contributed by atoms with van der Waals surface area (Å²) in [5.74, 6) is 0. The topological polar surface area (TPSA) is 42.0 Å². The Morgan fingerprint density at radius 3 is 2.65 bits per heavy atom. The molecule has 0 aromatic rings. The highest BCUT2D eigenvalue weighted by Gasteiger charge is 2.31. The van der Waals surface area contributed by atoms with Crippen LogP contribution in [0.15, 0.2) is 0 Å². The summed E-state index contributed by atoms with van der Waals surface area (Å²) in [5.41, 5.74) is 0. The van der Waals surface area contributed by atoms with E-state index in [2.05, 4.69) is 4.90 Å². The second-order valence-corrected chi connectivity index (χ2v) is 4.97. The number of ether oxygens (including phenoxy) is 2. The Morgan fingerprint density at radius 2 is 2.00 bits per heavy atom. The van der Waals surface area contributed by atoms with E-state index >= 15 is 0 Å². The van der Waals surface area contributed by atoms with E-state index in [1.54, 1.807) is 0 Å². The lowest BCUT2D eigenvalue weighted by atomic mass is 10.2. The van der Waals surface area contributed by atoms with E-state index in [1.165, 1.54) is 0 Å². The molecule has 98 valence electrons. The Labute approximate surface area is 103 Å². The molecule has 0 saturated carbocycles. The molecule has 0 aromatic heterocycles. The summed E-state index contributed by atoms with van der Waals surface area (Å²) in [7, 11) is 0. The van der Waals surface area contributed by atoms with Gasteiger partial charge in [0.2, 0.25) is 0 Å². The van der Waals surface area contributed by atoms with Crippen molar-refractivity contribution in [2.24, 2.45) is 0 Å². The van der Waals surface area contributed by atoms with Gasteiger partial charge in [-0.05, 0) is 20.3 Å². The number of nitrogens with zero attached hydrogens (tertiary/aromatic N) is 2. The molecule has 5 nitrogen and oxygen atoms in total. The molecule has 0 aliphatic carbocycles. The van der Waals surface area contributed by atoms with Crippen molar-refractivity contribution >= 4 is 6.09 Å². The summed E-state index contributed by atoms with van der Waals surface area (Å²) >= 11 is 0. The summed E-state index contributed by atoms with van der Waals surface area (Å²) in [6.07, 6.45) is 0.841. The van der Waals surface area contributed by atoms with Crippen LogP contribution in [0.2, 0.25) is 0 Å². The van der Waals surface area contributed by atoms with Gasteiger partial charge in [0.15, 0.2) is 0 Å². The largest absolute Gasteiger partial charge is 0.447 e. The molecule has 2 aliphatic heterocycles. The normalized spacial score (nSPS) is 26.5. The lowest BCUT2D eigenvalue weighted by Crippen LogP contribution is -2.45. The van der Waals surface area contributed by atoms with Crippen molar-refractivity contribution in [2.75, 3.05) is 39.4 Å². The van der Waals surface area contributed by atoms with Crippen LogP contribution in [0.3, 0.4) is 0 Å². The van der Waals surface area contributed by atoms with E-state index in [1.807, 2.05) is 18.7 Å². The van der Waals surface area contributed by atoms with Gasteiger partial charge in [-0.3, -0.25) is 4.90 Å². The molecule has 0 radical (unpaired) electrons. The van der Waals surface area contributed by atoms with Crippen molar-refractivity contribution in [3.8, 4) is 0 Å². The molecule has 0 spiro atoms. The maximum Gasteiger partial charge on any atom is 0.410 e. The van der Waals surface area contributed by atoms with Crippen molar-refractivity contribution in [1.29, 1.82) is 0 Å². The highest BCUT2D eigenvalue weighted by Crippen LogP contribution is 2.17. The Bertz CT molecular complexity index is 264. The van der Waals surface area contributed by atoms with Gasteiger partial charge in [0.1, 0.15) is 0 Å². The molecule has 17 heavy (non-hydrogen) atoms. The molecule has 1 unspecified atom stereocenters. The SMILES string of the molecule is CC(C)OC(=O)N1CCC(N2CCOCC2)C1. The molecule has 1 atom stereocenters. The summed E-state index contributed by atoms with van der Waals surface area (Å²) < 4.78 is 10.6. The van der Waals surface area contributed by atoms with Gasteiger partial charge < -0.3 is 14.4 Å². The molecule has 2 fully saturated rings. The van der Waals surface area contributed by atoms with E-state index < -0.39 is 0 Å². The first-order valence-electron chi connectivity index (χ1n) is 6.44. The second-order valence-electron chi connectivity index (χ2n) is 4.97. The summed E-state index contributed by atoms with van der Waals surface area (Å²) in [6, 6.07) is 0.485. The molecule has 0 aromatic carbocycles. The van der Waals surface area contributed by atoms with E-state index in [0.717, 1.165) is 45.8 Å². The van der Waals surface area contributed by atoms with Gasteiger partial charge in [0.05, 0.1) is 19.3 Å². The van der Waals surface area contributed by atoms with Crippen LogP contribution < -0.4 is 0 Å². The Balaban J connectivity index is 1.80. The minimum Gasteiger partial charge on any atom is -0.447 e. The monoisotopic (exact) mass is 242 g/mol. The lowest BCUT2D eigenvalue weighted by molar-refractivity contribution is 0.0177. The van der Waals surface area contributed by atoms with Gasteiger partial charge in [-0.25, -0.2) is 4.79 Å². The van der Waals surface area contributed by atoms with Gasteiger partial charge in [0, 0.05) is 32.2 Å². The summed E-state index contributed by atoms with van der Waals surface area (Å²) in [5, 5.41) is 0. The van der Waals surface area contributed by atoms with Crippen molar-refractivity contribution in [2.45, 2.75) is 32.4 Å². The van der Waals surface area contributed by atoms with Gasteiger partial charge in [-0.15, -0.1) is 0 Å². The molecule has 0 N–H and O–H groups in total. The van der Waals surface area contributed by atoms with Crippen LogP contribution in [0.1, 0.15) is 20.3 Å². The fourth-order valence-electron chi connectivity index (χ4n) is 2.42. The van der Waals surface area contributed by atoms with Gasteiger partial charge in [0.25, 0.3) is 0 Å². The van der Waals surface area contributed by atoms with E-state index in [0.29, 0.717) is 6.04 Å². The number of morpholine rings is 1.